The van der Waals surface area contributed by atoms with Crippen LogP contribution in [0.25, 0.3) is 0 Å². The Balaban J connectivity index is 2.30. The average molecular weight is 276 g/mol. The third kappa shape index (κ3) is 3.01. The molecule has 1 aromatic rings. The number of fused-ring (bicyclic) bond motifs is 1. The number of unbranched alkanes of at least 4 members (excludes halogenated alkanes) is 1. The number of hydrogen-bond acceptors (Lipinski definition) is 4. The molecule has 1 aromatic carbocycles. The number of benzene rings is 1. The second-order valence-corrected chi connectivity index (χ2v) is 5.03. The molecule has 2 rings (SSSR count). The Morgan fingerprint density at radius 2 is 2.20 bits per heavy atom. The summed E-state index contributed by atoms with van der Waals surface area (Å²) in [6, 6.07) is 3.62. The van der Waals surface area contributed by atoms with Gasteiger partial charge in [-0.1, -0.05) is 13.3 Å². The highest BCUT2D eigenvalue weighted by atomic mass is 16.2. The number of hydrogen-bond donors (Lipinski definition) is 3. The first kappa shape index (κ1) is 14.2. The van der Waals surface area contributed by atoms with Crippen molar-refractivity contribution >= 4 is 28.9 Å². The molecule has 5 N–H and O–H groups in total. The van der Waals surface area contributed by atoms with Crippen LogP contribution in [0.1, 0.15) is 25.3 Å². The second-order valence-electron chi connectivity index (χ2n) is 5.03. The van der Waals surface area contributed by atoms with Gasteiger partial charge in [-0.15, -0.1) is 0 Å². The fraction of sp³-hybridized carbons (Fsp3) is 0.429. The van der Waals surface area contributed by atoms with Gasteiger partial charge in [-0.3, -0.25) is 9.59 Å². The van der Waals surface area contributed by atoms with Crippen molar-refractivity contribution in [3.8, 4) is 0 Å². The Bertz CT molecular complexity index is 542. The Labute approximate surface area is 118 Å². The lowest BCUT2D eigenvalue weighted by molar-refractivity contribution is -0.117. The van der Waals surface area contributed by atoms with Crippen LogP contribution in [0.15, 0.2) is 12.1 Å². The molecule has 0 spiro atoms. The summed E-state index contributed by atoms with van der Waals surface area (Å²) in [5.41, 5.74) is 14.3. The lowest BCUT2D eigenvalue weighted by Gasteiger charge is -2.25. The van der Waals surface area contributed by atoms with Crippen LogP contribution in [0.5, 0.6) is 0 Å². The van der Waals surface area contributed by atoms with Gasteiger partial charge in [0.15, 0.2) is 0 Å². The highest BCUT2D eigenvalue weighted by molar-refractivity contribution is 6.01. The molecule has 0 aliphatic carbocycles. The molecule has 1 aliphatic heterocycles. The van der Waals surface area contributed by atoms with Crippen molar-refractivity contribution in [3.05, 3.63) is 17.7 Å². The van der Waals surface area contributed by atoms with E-state index in [0.29, 0.717) is 18.7 Å². The summed E-state index contributed by atoms with van der Waals surface area (Å²) in [6.45, 7) is 2.90. The van der Waals surface area contributed by atoms with E-state index in [2.05, 4.69) is 12.2 Å². The summed E-state index contributed by atoms with van der Waals surface area (Å²) in [4.78, 5) is 24.5. The number of nitrogens with two attached hydrogens (primary N) is 2. The molecule has 6 heteroatoms. The van der Waals surface area contributed by atoms with Gasteiger partial charge in [0.2, 0.25) is 11.8 Å². The minimum absolute atomic E-state index is 0.0356. The van der Waals surface area contributed by atoms with E-state index in [-0.39, 0.29) is 12.5 Å². The van der Waals surface area contributed by atoms with Crippen LogP contribution >= 0.6 is 0 Å². The molecule has 108 valence electrons. The van der Waals surface area contributed by atoms with Crippen molar-refractivity contribution in [2.24, 2.45) is 5.73 Å². The van der Waals surface area contributed by atoms with Crippen molar-refractivity contribution < 1.29 is 9.59 Å². The number of anilines is 3. The number of carbonyl (C=O) groups excluding carboxylic acids is 2. The molecule has 0 saturated heterocycles. The fourth-order valence-electron chi connectivity index (χ4n) is 2.38. The summed E-state index contributed by atoms with van der Waals surface area (Å²) in [7, 11) is 0. The molecule has 0 fully saturated rings. The second kappa shape index (κ2) is 5.81. The number of nitrogens with zero attached hydrogens (tertiary/aromatic N) is 1. The maximum atomic E-state index is 11.4. The van der Waals surface area contributed by atoms with E-state index in [1.165, 1.54) is 0 Å². The van der Waals surface area contributed by atoms with E-state index < -0.39 is 5.91 Å². The first-order chi connectivity index (χ1) is 9.51. The molecule has 0 aromatic heterocycles. The zero-order valence-electron chi connectivity index (χ0n) is 11.6. The molecule has 0 radical (unpaired) electrons. The van der Waals surface area contributed by atoms with Gasteiger partial charge in [0.05, 0.1) is 24.3 Å². The van der Waals surface area contributed by atoms with Gasteiger partial charge in [0.1, 0.15) is 0 Å². The van der Waals surface area contributed by atoms with Gasteiger partial charge >= 0.3 is 0 Å². The predicted octanol–water partition coefficient (Wildman–Crippen LogP) is 0.855. The molecule has 0 saturated carbocycles. The Morgan fingerprint density at radius 1 is 1.45 bits per heavy atom. The van der Waals surface area contributed by atoms with Crippen molar-refractivity contribution in [1.82, 2.24) is 0 Å². The largest absolute Gasteiger partial charge is 0.397 e. The van der Waals surface area contributed by atoms with Crippen LogP contribution in [0.2, 0.25) is 0 Å². The van der Waals surface area contributed by atoms with Gasteiger partial charge in [0.25, 0.3) is 0 Å². The van der Waals surface area contributed by atoms with Crippen LogP contribution < -0.4 is 21.7 Å². The summed E-state index contributed by atoms with van der Waals surface area (Å²) in [5.74, 6) is -0.434. The molecule has 20 heavy (non-hydrogen) atoms. The first-order valence-electron chi connectivity index (χ1n) is 6.76. The van der Waals surface area contributed by atoms with Gasteiger partial charge in [-0.2, -0.15) is 0 Å². The number of primary amides is 1. The van der Waals surface area contributed by atoms with E-state index in [0.717, 1.165) is 29.8 Å². The molecule has 6 nitrogen and oxygen atoms in total. The monoisotopic (exact) mass is 276 g/mol. The molecule has 1 heterocycles. The number of nitrogen functional groups attached to an aromatic ring is 1. The zero-order valence-corrected chi connectivity index (χ0v) is 11.6. The third-order valence-electron chi connectivity index (χ3n) is 3.35. The maximum Gasteiger partial charge on any atom is 0.236 e. The Kier molecular flexibility index (Phi) is 4.12. The summed E-state index contributed by atoms with van der Waals surface area (Å²) in [6.07, 6.45) is 2.30. The van der Waals surface area contributed by atoms with E-state index in [1.807, 2.05) is 11.0 Å². The minimum Gasteiger partial charge on any atom is -0.397 e. The maximum absolute atomic E-state index is 11.4. The fourth-order valence-corrected chi connectivity index (χ4v) is 2.38. The van der Waals surface area contributed by atoms with Crippen LogP contribution in [0.3, 0.4) is 0 Å². The molecular formula is C14H20N4O2. The van der Waals surface area contributed by atoms with Gasteiger partial charge in [0, 0.05) is 12.2 Å². The van der Waals surface area contributed by atoms with Gasteiger partial charge in [-0.25, -0.2) is 0 Å². The Hall–Kier alpha value is -2.24. The minimum atomic E-state index is -0.398. The quantitative estimate of drug-likeness (QED) is 0.670. The average Bonchev–Trinajstić information content (AvgIpc) is 2.72. The highest BCUT2D eigenvalue weighted by Crippen LogP contribution is 2.33. The van der Waals surface area contributed by atoms with Crippen molar-refractivity contribution in [2.75, 3.05) is 29.0 Å². The van der Waals surface area contributed by atoms with Crippen molar-refractivity contribution in [2.45, 2.75) is 26.2 Å². The first-order valence-corrected chi connectivity index (χ1v) is 6.76. The standard InChI is InChI=1S/C14H20N4O2/c1-2-3-4-18(8-13(16)19)12-7-11-9(5-10(12)15)6-14(20)17-11/h5,7H,2-4,6,8,15H2,1H3,(H2,16,19)(H,17,20). The third-order valence-corrected chi connectivity index (χ3v) is 3.35. The normalized spacial score (nSPS) is 12.9. The van der Waals surface area contributed by atoms with Crippen LogP contribution in [-0.4, -0.2) is 24.9 Å². The van der Waals surface area contributed by atoms with Crippen LogP contribution in [0.4, 0.5) is 17.1 Å². The number of rotatable bonds is 6. The van der Waals surface area contributed by atoms with E-state index in [4.69, 9.17) is 11.5 Å². The van der Waals surface area contributed by atoms with Gasteiger partial charge < -0.3 is 21.7 Å². The van der Waals surface area contributed by atoms with Crippen LogP contribution in [-0.2, 0) is 16.0 Å². The number of amides is 2. The zero-order chi connectivity index (χ0) is 14.7. The molecule has 0 atom stereocenters. The molecule has 0 unspecified atom stereocenters. The molecule has 1 aliphatic rings. The summed E-state index contributed by atoms with van der Waals surface area (Å²) in [5, 5.41) is 2.79. The highest BCUT2D eigenvalue weighted by Gasteiger charge is 2.21. The topological polar surface area (TPSA) is 101 Å². The SMILES string of the molecule is CCCCN(CC(N)=O)c1cc2c(cc1N)CC(=O)N2. The van der Waals surface area contributed by atoms with E-state index >= 15 is 0 Å². The molecular weight excluding hydrogens is 256 g/mol. The molecule has 0 bridgehead atoms. The smallest absolute Gasteiger partial charge is 0.236 e. The van der Waals surface area contributed by atoms with Gasteiger partial charge in [-0.05, 0) is 24.1 Å². The lowest BCUT2D eigenvalue weighted by Crippen LogP contribution is -2.35. The van der Waals surface area contributed by atoms with Crippen molar-refractivity contribution in [1.29, 1.82) is 0 Å². The van der Waals surface area contributed by atoms with Crippen molar-refractivity contribution in [3.63, 3.8) is 0 Å². The number of carbonyl (C=O) groups is 2. The predicted molar refractivity (Wildman–Crippen MR) is 79.5 cm³/mol. The lowest BCUT2D eigenvalue weighted by atomic mass is 10.1. The summed E-state index contributed by atoms with van der Waals surface area (Å²) < 4.78 is 0. The van der Waals surface area contributed by atoms with E-state index in [1.54, 1.807) is 6.07 Å². The van der Waals surface area contributed by atoms with Crippen LogP contribution in [0, 0.1) is 0 Å². The number of nitrogens with one attached hydrogen (secondary N) is 1. The molecule has 2 amide bonds. The Morgan fingerprint density at radius 3 is 2.85 bits per heavy atom. The van der Waals surface area contributed by atoms with E-state index in [9.17, 15) is 9.59 Å². The summed E-state index contributed by atoms with van der Waals surface area (Å²) >= 11 is 0.